The standard InChI is InChI=1S/C13H15NO4.Na/c1-9(8-11(15)18-2)14-12(13(16)17)10-6-4-3-5-7-10;/h3-8,12,14H,1-2H3,(H,16,17);/q;+1/p-1/b9-8+;/i3D,4D,5D,6D,7D;. The first-order chi connectivity index (χ1) is 10.6. The van der Waals surface area contributed by atoms with Crippen LogP contribution in [0, 0.1) is 0 Å². The molecule has 0 aliphatic carbocycles. The molecule has 1 unspecified atom stereocenters. The molecule has 0 aliphatic rings. The number of esters is 1. The maximum atomic E-state index is 11.3. The number of ether oxygens (including phenoxy) is 1. The number of rotatable bonds is 5. The van der Waals surface area contributed by atoms with E-state index >= 15 is 0 Å². The summed E-state index contributed by atoms with van der Waals surface area (Å²) in [7, 11) is 1.14. The summed E-state index contributed by atoms with van der Waals surface area (Å²) in [6.45, 7) is 1.36. The Morgan fingerprint density at radius 3 is 2.47 bits per heavy atom. The van der Waals surface area contributed by atoms with Gasteiger partial charge in [0.1, 0.15) is 0 Å². The first-order valence-corrected chi connectivity index (χ1v) is 4.92. The van der Waals surface area contributed by atoms with E-state index in [0.29, 0.717) is 0 Å². The van der Waals surface area contributed by atoms with E-state index in [9.17, 15) is 14.7 Å². The summed E-state index contributed by atoms with van der Waals surface area (Å²) in [5.41, 5.74) is -0.411. The fourth-order valence-corrected chi connectivity index (χ4v) is 1.16. The van der Waals surface area contributed by atoms with Gasteiger partial charge in [-0.2, -0.15) is 0 Å². The molecule has 0 bridgehead atoms. The number of hydrogen-bond acceptors (Lipinski definition) is 5. The molecule has 1 N–H and O–H groups in total. The Hall–Kier alpha value is -1.30. The molecular weight excluding hydrogens is 257 g/mol. The number of aliphatic carboxylic acids is 1. The minimum atomic E-state index is -1.73. The van der Waals surface area contributed by atoms with E-state index in [2.05, 4.69) is 10.1 Å². The minimum absolute atomic E-state index is 0. The quantitative estimate of drug-likeness (QED) is 0.356. The summed E-state index contributed by atoms with van der Waals surface area (Å²) in [5, 5.41) is 13.7. The molecular formula is C13H14NNaO4. The van der Waals surface area contributed by atoms with Crippen molar-refractivity contribution < 1.29 is 55.8 Å². The molecule has 0 radical (unpaired) electrons. The van der Waals surface area contributed by atoms with Crippen LogP contribution in [-0.2, 0) is 14.3 Å². The summed E-state index contributed by atoms with van der Waals surface area (Å²) in [5.74, 6) is -2.45. The number of hydrogen-bond donors (Lipinski definition) is 1. The number of nitrogens with one attached hydrogen (secondary N) is 1. The number of carbonyl (C=O) groups excluding carboxylic acids is 2. The van der Waals surface area contributed by atoms with Gasteiger partial charge in [0.2, 0.25) is 0 Å². The third kappa shape index (κ3) is 5.92. The molecule has 6 heteroatoms. The second kappa shape index (κ2) is 8.74. The van der Waals surface area contributed by atoms with Crippen molar-refractivity contribution in [3.05, 3.63) is 47.5 Å². The molecule has 0 spiro atoms. The van der Waals surface area contributed by atoms with Gasteiger partial charge in [-0.15, -0.1) is 0 Å². The van der Waals surface area contributed by atoms with Gasteiger partial charge in [-0.1, -0.05) is 30.2 Å². The number of methoxy groups -OCH3 is 1. The Labute approximate surface area is 141 Å². The Morgan fingerprint density at radius 2 is 2.00 bits per heavy atom. The van der Waals surface area contributed by atoms with Gasteiger partial charge in [-0.05, 0) is 12.5 Å². The molecule has 0 heterocycles. The fraction of sp³-hybridized carbons (Fsp3) is 0.231. The van der Waals surface area contributed by atoms with Crippen molar-refractivity contribution in [3.8, 4) is 0 Å². The zero-order valence-corrected chi connectivity index (χ0v) is 12.8. The van der Waals surface area contributed by atoms with Crippen LogP contribution in [0.25, 0.3) is 0 Å². The average molecular weight is 276 g/mol. The maximum absolute atomic E-state index is 11.3. The van der Waals surface area contributed by atoms with Crippen molar-refractivity contribution in [1.29, 1.82) is 0 Å². The van der Waals surface area contributed by atoms with Gasteiger partial charge in [-0.3, -0.25) is 0 Å². The Morgan fingerprint density at radius 1 is 1.42 bits per heavy atom. The largest absolute Gasteiger partial charge is 1.00 e. The van der Waals surface area contributed by atoms with Crippen LogP contribution in [0.2, 0.25) is 0 Å². The molecule has 96 valence electrons. The third-order valence-corrected chi connectivity index (χ3v) is 1.95. The molecule has 0 saturated heterocycles. The molecule has 1 aromatic rings. The number of allylic oxidation sites excluding steroid dienone is 1. The fourth-order valence-electron chi connectivity index (χ4n) is 1.16. The summed E-state index contributed by atoms with van der Waals surface area (Å²) < 4.78 is 42.5. The molecule has 5 nitrogen and oxygen atoms in total. The predicted octanol–water partition coefficient (Wildman–Crippen LogP) is -2.85. The molecule has 19 heavy (non-hydrogen) atoms. The average Bonchev–Trinajstić information content (AvgIpc) is 2.49. The van der Waals surface area contributed by atoms with Crippen LogP contribution in [0.5, 0.6) is 0 Å². The minimum Gasteiger partial charge on any atom is -0.548 e. The number of carboxylic acid groups (broad SMARTS) is 1. The monoisotopic (exact) mass is 276 g/mol. The topological polar surface area (TPSA) is 78.5 Å². The van der Waals surface area contributed by atoms with Crippen molar-refractivity contribution in [2.24, 2.45) is 0 Å². The number of benzene rings is 1. The van der Waals surface area contributed by atoms with Gasteiger partial charge < -0.3 is 20.0 Å². The van der Waals surface area contributed by atoms with Crippen LogP contribution in [0.4, 0.5) is 0 Å². The van der Waals surface area contributed by atoms with Gasteiger partial charge in [-0.25, -0.2) is 4.79 Å². The van der Waals surface area contributed by atoms with Gasteiger partial charge in [0.15, 0.2) is 0 Å². The molecule has 0 aliphatic heterocycles. The molecule has 0 fully saturated rings. The number of carbonyl (C=O) groups is 2. The van der Waals surface area contributed by atoms with Gasteiger partial charge in [0.25, 0.3) is 0 Å². The second-order valence-corrected chi connectivity index (χ2v) is 3.29. The van der Waals surface area contributed by atoms with E-state index in [4.69, 9.17) is 6.85 Å². The van der Waals surface area contributed by atoms with Crippen molar-refractivity contribution in [3.63, 3.8) is 0 Å². The molecule has 1 rings (SSSR count). The normalized spacial score (nSPS) is 15.7. The zero-order chi connectivity index (χ0) is 17.9. The van der Waals surface area contributed by atoms with E-state index in [-0.39, 0.29) is 35.3 Å². The van der Waals surface area contributed by atoms with Crippen molar-refractivity contribution >= 4 is 11.9 Å². The zero-order valence-electron chi connectivity index (χ0n) is 15.8. The molecule has 0 saturated carbocycles. The van der Waals surface area contributed by atoms with E-state index in [1.807, 2.05) is 0 Å². The van der Waals surface area contributed by atoms with Crippen LogP contribution in [-0.4, -0.2) is 19.0 Å². The predicted molar refractivity (Wildman–Crippen MR) is 63.1 cm³/mol. The van der Waals surface area contributed by atoms with Crippen LogP contribution >= 0.6 is 0 Å². The molecule has 0 aromatic heterocycles. The van der Waals surface area contributed by atoms with E-state index in [1.54, 1.807) is 0 Å². The Bertz CT molecular complexity index is 666. The van der Waals surface area contributed by atoms with E-state index in [0.717, 1.165) is 13.2 Å². The van der Waals surface area contributed by atoms with Crippen molar-refractivity contribution in [1.82, 2.24) is 5.32 Å². The van der Waals surface area contributed by atoms with Crippen LogP contribution < -0.4 is 40.0 Å². The molecule has 1 aromatic carbocycles. The molecule has 0 amide bonds. The Kier molecular flexibility index (Phi) is 4.82. The van der Waals surface area contributed by atoms with Crippen LogP contribution in [0.3, 0.4) is 0 Å². The first kappa shape index (κ1) is 10.5. The second-order valence-electron chi connectivity index (χ2n) is 3.29. The third-order valence-electron chi connectivity index (χ3n) is 1.95. The van der Waals surface area contributed by atoms with E-state index in [1.165, 1.54) is 6.92 Å². The van der Waals surface area contributed by atoms with Gasteiger partial charge >= 0.3 is 35.5 Å². The first-order valence-electron chi connectivity index (χ1n) is 7.42. The van der Waals surface area contributed by atoms with E-state index < -0.39 is 53.8 Å². The van der Waals surface area contributed by atoms with Crippen molar-refractivity contribution in [2.75, 3.05) is 7.11 Å². The SMILES string of the molecule is [2H]c1c([2H])c([2H])c(C(N/C(C)=C/C(=O)OC)C(=O)[O-])c([2H])c1[2H].[Na+]. The number of carboxylic acids is 1. The summed E-state index contributed by atoms with van der Waals surface area (Å²) >= 11 is 0. The van der Waals surface area contributed by atoms with Crippen LogP contribution in [0.15, 0.2) is 42.0 Å². The summed E-state index contributed by atoms with van der Waals surface area (Å²) in [4.78, 5) is 22.5. The van der Waals surface area contributed by atoms with Crippen molar-refractivity contribution in [2.45, 2.75) is 13.0 Å². The smallest absolute Gasteiger partial charge is 0.548 e. The van der Waals surface area contributed by atoms with Gasteiger partial charge in [0.05, 0.1) is 26.0 Å². The summed E-state index contributed by atoms with van der Waals surface area (Å²) in [6.07, 6.45) is 0.964. The molecule has 1 atom stereocenters. The van der Waals surface area contributed by atoms with Gasteiger partial charge in [0, 0.05) is 11.8 Å². The Balaban J connectivity index is 0.00000529. The maximum Gasteiger partial charge on any atom is 1.00 e. The summed E-state index contributed by atoms with van der Waals surface area (Å²) in [6, 6.07) is -5.02. The van der Waals surface area contributed by atoms with Crippen LogP contribution in [0.1, 0.15) is 25.4 Å².